The lowest BCUT2D eigenvalue weighted by Gasteiger charge is -2.28. The summed E-state index contributed by atoms with van der Waals surface area (Å²) in [6.07, 6.45) is 0. The van der Waals surface area contributed by atoms with Gasteiger partial charge >= 0.3 is 0 Å². The minimum Gasteiger partial charge on any atom is -0.507 e. The molecule has 2 aromatic carbocycles. The molecule has 1 saturated heterocycles. The van der Waals surface area contributed by atoms with E-state index in [2.05, 4.69) is 53.4 Å². The molecule has 0 saturated carbocycles. The van der Waals surface area contributed by atoms with Crippen molar-refractivity contribution in [1.29, 1.82) is 0 Å². The minimum atomic E-state index is -0.651. The fourth-order valence-corrected chi connectivity index (χ4v) is 4.54. The van der Waals surface area contributed by atoms with Crippen molar-refractivity contribution in [2.24, 2.45) is 5.92 Å². The SMILES string of the molecule is CCN(CC)CCN1C(=O)C(=O)/C(=C(/O)c2ccc(OCC(C)C)cc2)C1c1ccc(C(C)(C)C)cc1. The van der Waals surface area contributed by atoms with Gasteiger partial charge in [0.2, 0.25) is 0 Å². The number of benzene rings is 2. The van der Waals surface area contributed by atoms with Crippen LogP contribution < -0.4 is 4.74 Å². The number of rotatable bonds is 10. The molecule has 6 heteroatoms. The Hall–Kier alpha value is -3.12. The lowest BCUT2D eigenvalue weighted by atomic mass is 9.85. The largest absolute Gasteiger partial charge is 0.507 e. The molecule has 200 valence electrons. The van der Waals surface area contributed by atoms with Gasteiger partial charge in [-0.3, -0.25) is 9.59 Å². The topological polar surface area (TPSA) is 70.1 Å². The lowest BCUT2D eigenvalue weighted by Crippen LogP contribution is -2.38. The molecular formula is C31H42N2O4. The van der Waals surface area contributed by atoms with Gasteiger partial charge in [0.25, 0.3) is 11.7 Å². The highest BCUT2D eigenvalue weighted by Crippen LogP contribution is 2.40. The molecule has 6 nitrogen and oxygen atoms in total. The molecule has 37 heavy (non-hydrogen) atoms. The number of aliphatic hydroxyl groups is 1. The molecule has 0 bridgehead atoms. The van der Waals surface area contributed by atoms with Crippen molar-refractivity contribution in [3.63, 3.8) is 0 Å². The first-order valence-electron chi connectivity index (χ1n) is 13.3. The summed E-state index contributed by atoms with van der Waals surface area (Å²) >= 11 is 0. The average molecular weight is 507 g/mol. The number of likely N-dealkylation sites (N-methyl/N-ethyl adjacent to an activating group) is 1. The van der Waals surface area contributed by atoms with Crippen molar-refractivity contribution >= 4 is 17.4 Å². The maximum atomic E-state index is 13.3. The van der Waals surface area contributed by atoms with E-state index < -0.39 is 17.7 Å². The van der Waals surface area contributed by atoms with Gasteiger partial charge in [-0.15, -0.1) is 0 Å². The fraction of sp³-hybridized carbons (Fsp3) is 0.484. The Morgan fingerprint density at radius 1 is 1.00 bits per heavy atom. The third-order valence-corrected chi connectivity index (χ3v) is 6.90. The summed E-state index contributed by atoms with van der Waals surface area (Å²) in [5, 5.41) is 11.3. The van der Waals surface area contributed by atoms with Crippen molar-refractivity contribution < 1.29 is 19.4 Å². The number of Topliss-reactive ketones (excluding diaryl/α,β-unsaturated/α-hetero) is 1. The van der Waals surface area contributed by atoms with Gasteiger partial charge in [0.05, 0.1) is 18.2 Å². The van der Waals surface area contributed by atoms with Crippen LogP contribution in [0.4, 0.5) is 0 Å². The van der Waals surface area contributed by atoms with Crippen LogP contribution in [0.1, 0.15) is 71.2 Å². The van der Waals surface area contributed by atoms with Crippen LogP contribution in [0.2, 0.25) is 0 Å². The third-order valence-electron chi connectivity index (χ3n) is 6.90. The summed E-state index contributed by atoms with van der Waals surface area (Å²) in [5.41, 5.74) is 2.56. The zero-order valence-corrected chi connectivity index (χ0v) is 23.4. The van der Waals surface area contributed by atoms with Crippen molar-refractivity contribution in [1.82, 2.24) is 9.80 Å². The Kier molecular flexibility index (Phi) is 9.19. The van der Waals surface area contributed by atoms with Gasteiger partial charge in [-0.05, 0) is 59.8 Å². The molecule has 1 atom stereocenters. The second-order valence-corrected chi connectivity index (χ2v) is 11.1. The van der Waals surface area contributed by atoms with Gasteiger partial charge in [0, 0.05) is 18.7 Å². The van der Waals surface area contributed by atoms with Gasteiger partial charge in [-0.1, -0.05) is 72.7 Å². The van der Waals surface area contributed by atoms with E-state index >= 15 is 0 Å². The van der Waals surface area contributed by atoms with E-state index in [4.69, 9.17) is 4.74 Å². The number of aliphatic hydroxyl groups excluding tert-OH is 1. The van der Waals surface area contributed by atoms with Crippen LogP contribution in [0, 0.1) is 5.92 Å². The van der Waals surface area contributed by atoms with Crippen LogP contribution in [0.5, 0.6) is 5.75 Å². The molecule has 3 rings (SSSR count). The van der Waals surface area contributed by atoms with Crippen LogP contribution in [0.25, 0.3) is 5.76 Å². The summed E-state index contributed by atoms with van der Waals surface area (Å²) in [4.78, 5) is 30.4. The van der Waals surface area contributed by atoms with Gasteiger partial charge in [-0.2, -0.15) is 0 Å². The van der Waals surface area contributed by atoms with Gasteiger partial charge in [0.1, 0.15) is 11.5 Å². The number of ketones is 1. The van der Waals surface area contributed by atoms with Gasteiger partial charge in [-0.25, -0.2) is 0 Å². The Balaban J connectivity index is 2.04. The molecular weight excluding hydrogens is 464 g/mol. The van der Waals surface area contributed by atoms with Gasteiger partial charge < -0.3 is 19.6 Å². The number of carbonyl (C=O) groups is 2. The Morgan fingerprint density at radius 3 is 2.11 bits per heavy atom. The Morgan fingerprint density at radius 2 is 1.59 bits per heavy atom. The molecule has 0 spiro atoms. The molecule has 0 radical (unpaired) electrons. The second kappa shape index (κ2) is 12.0. The van der Waals surface area contributed by atoms with E-state index in [1.807, 2.05) is 24.3 Å². The van der Waals surface area contributed by atoms with E-state index in [9.17, 15) is 14.7 Å². The van der Waals surface area contributed by atoms with Crippen LogP contribution in [0.15, 0.2) is 54.1 Å². The number of ether oxygens (including phenoxy) is 1. The van der Waals surface area contributed by atoms with Gasteiger partial charge in [0.15, 0.2) is 0 Å². The number of carbonyl (C=O) groups excluding carboxylic acids is 2. The van der Waals surface area contributed by atoms with Crippen molar-refractivity contribution in [2.75, 3.05) is 32.8 Å². The third kappa shape index (κ3) is 6.61. The molecule has 1 N–H and O–H groups in total. The zero-order chi connectivity index (χ0) is 27.3. The maximum absolute atomic E-state index is 13.3. The lowest BCUT2D eigenvalue weighted by molar-refractivity contribution is -0.140. The van der Waals surface area contributed by atoms with E-state index in [0.29, 0.717) is 36.9 Å². The van der Waals surface area contributed by atoms with Crippen LogP contribution in [-0.4, -0.2) is 59.4 Å². The first-order chi connectivity index (χ1) is 17.5. The Bertz CT molecular complexity index is 1110. The maximum Gasteiger partial charge on any atom is 0.295 e. The smallest absolute Gasteiger partial charge is 0.295 e. The highest BCUT2D eigenvalue weighted by molar-refractivity contribution is 6.46. The van der Waals surface area contributed by atoms with E-state index in [1.54, 1.807) is 29.2 Å². The molecule has 1 aliphatic heterocycles. The molecule has 1 amide bonds. The van der Waals surface area contributed by atoms with Crippen molar-refractivity contribution in [2.45, 2.75) is 59.9 Å². The number of hydrogen-bond acceptors (Lipinski definition) is 5. The molecule has 1 fully saturated rings. The molecule has 2 aromatic rings. The first-order valence-corrected chi connectivity index (χ1v) is 13.3. The molecule has 1 aliphatic rings. The fourth-order valence-electron chi connectivity index (χ4n) is 4.54. The van der Waals surface area contributed by atoms with E-state index in [-0.39, 0.29) is 16.7 Å². The standard InChI is InChI=1S/C31H42N2O4/c1-8-32(9-2)18-19-33-27(22-10-14-24(15-11-22)31(5,6)7)26(29(35)30(33)36)28(34)23-12-16-25(17-13-23)37-20-21(3)4/h10-17,21,27,34H,8-9,18-20H2,1-7H3/b28-26+. The Labute approximate surface area is 221 Å². The molecule has 0 aliphatic carbocycles. The number of nitrogens with zero attached hydrogens (tertiary/aromatic N) is 2. The summed E-state index contributed by atoms with van der Waals surface area (Å²) in [7, 11) is 0. The predicted octanol–water partition coefficient (Wildman–Crippen LogP) is 5.78. The van der Waals surface area contributed by atoms with E-state index in [0.717, 1.165) is 24.2 Å². The zero-order valence-electron chi connectivity index (χ0n) is 23.4. The summed E-state index contributed by atoms with van der Waals surface area (Å²) in [6.45, 7) is 18.1. The van der Waals surface area contributed by atoms with Crippen molar-refractivity contribution in [3.05, 3.63) is 70.8 Å². The quantitative estimate of drug-likeness (QED) is 0.251. The van der Waals surface area contributed by atoms with E-state index in [1.165, 1.54) is 0 Å². The van der Waals surface area contributed by atoms with Crippen LogP contribution >= 0.6 is 0 Å². The summed E-state index contributed by atoms with van der Waals surface area (Å²) in [6, 6.07) is 14.4. The molecule has 1 heterocycles. The summed E-state index contributed by atoms with van der Waals surface area (Å²) in [5.74, 6) is -0.300. The number of hydrogen-bond donors (Lipinski definition) is 1. The average Bonchev–Trinajstić information content (AvgIpc) is 3.12. The van der Waals surface area contributed by atoms with Crippen molar-refractivity contribution in [3.8, 4) is 5.75 Å². The highest BCUT2D eigenvalue weighted by Gasteiger charge is 2.46. The van der Waals surface area contributed by atoms with Crippen LogP contribution in [0.3, 0.4) is 0 Å². The van der Waals surface area contributed by atoms with Crippen LogP contribution in [-0.2, 0) is 15.0 Å². The normalized spacial score (nSPS) is 17.8. The number of likely N-dealkylation sites (tertiary alicyclic amines) is 1. The monoisotopic (exact) mass is 506 g/mol. The number of amides is 1. The summed E-state index contributed by atoms with van der Waals surface area (Å²) < 4.78 is 5.76. The predicted molar refractivity (Wildman–Crippen MR) is 149 cm³/mol. The molecule has 0 aromatic heterocycles. The first kappa shape index (κ1) is 28.5. The minimum absolute atomic E-state index is 0.0253. The molecule has 1 unspecified atom stereocenters. The second-order valence-electron chi connectivity index (χ2n) is 11.1. The highest BCUT2D eigenvalue weighted by atomic mass is 16.5.